The van der Waals surface area contributed by atoms with E-state index < -0.39 is 0 Å². The van der Waals surface area contributed by atoms with Gasteiger partial charge in [0.1, 0.15) is 10.6 Å². The van der Waals surface area contributed by atoms with Crippen molar-refractivity contribution < 1.29 is 9.53 Å². The second-order valence-electron chi connectivity index (χ2n) is 5.06. The molecule has 2 aromatic rings. The summed E-state index contributed by atoms with van der Waals surface area (Å²) in [6, 6.07) is 8.03. The highest BCUT2D eigenvalue weighted by atomic mass is 32.1. The van der Waals surface area contributed by atoms with E-state index in [1.165, 1.54) is 16.9 Å². The van der Waals surface area contributed by atoms with Crippen LogP contribution in [0.15, 0.2) is 42.3 Å². The van der Waals surface area contributed by atoms with Crippen LogP contribution in [0.5, 0.6) is 0 Å². The van der Waals surface area contributed by atoms with E-state index in [0.717, 1.165) is 11.1 Å². The van der Waals surface area contributed by atoms with Gasteiger partial charge in [0, 0.05) is 17.5 Å². The number of rotatable bonds is 6. The van der Waals surface area contributed by atoms with E-state index in [0.29, 0.717) is 28.8 Å². The fraction of sp³-hybridized carbons (Fsp3) is 0.222. The summed E-state index contributed by atoms with van der Waals surface area (Å²) in [7, 11) is 0. The van der Waals surface area contributed by atoms with Gasteiger partial charge in [-0.05, 0) is 31.6 Å². The molecule has 0 aliphatic heterocycles. The van der Waals surface area contributed by atoms with Crippen LogP contribution in [0, 0.1) is 6.92 Å². The Labute approximate surface area is 151 Å². The number of hydrogen-bond acceptors (Lipinski definition) is 4. The molecule has 0 bridgehead atoms. The molecule has 0 saturated heterocycles. The van der Waals surface area contributed by atoms with Gasteiger partial charge in [0.2, 0.25) is 0 Å². The summed E-state index contributed by atoms with van der Waals surface area (Å²) in [6.07, 6.45) is 1.71. The highest BCUT2D eigenvalue weighted by Gasteiger charge is 2.22. The van der Waals surface area contributed by atoms with Gasteiger partial charge in [-0.3, -0.25) is 0 Å². The molecule has 0 saturated carbocycles. The second-order valence-corrected chi connectivity index (χ2v) is 6.35. The van der Waals surface area contributed by atoms with Crippen molar-refractivity contribution in [3.8, 4) is 11.1 Å². The Morgan fingerprint density at radius 2 is 2.08 bits per heavy atom. The number of anilines is 1. The minimum Gasteiger partial charge on any atom is -0.462 e. The van der Waals surface area contributed by atoms with E-state index >= 15 is 0 Å². The number of aryl methyl sites for hydroxylation is 1. The van der Waals surface area contributed by atoms with Crippen molar-refractivity contribution in [2.75, 3.05) is 18.5 Å². The Morgan fingerprint density at radius 1 is 1.38 bits per heavy atom. The molecule has 2 N–H and O–H groups in total. The van der Waals surface area contributed by atoms with E-state index in [1.807, 2.05) is 36.6 Å². The first kappa shape index (κ1) is 18.2. The summed E-state index contributed by atoms with van der Waals surface area (Å²) < 4.78 is 5.22. The van der Waals surface area contributed by atoms with Crippen molar-refractivity contribution in [1.29, 1.82) is 0 Å². The van der Waals surface area contributed by atoms with Gasteiger partial charge in [0.25, 0.3) is 0 Å². The van der Waals surface area contributed by atoms with Gasteiger partial charge in [0.15, 0.2) is 5.11 Å². The Balaban J connectivity index is 2.37. The highest BCUT2D eigenvalue weighted by molar-refractivity contribution is 7.80. The van der Waals surface area contributed by atoms with E-state index in [9.17, 15) is 4.79 Å². The van der Waals surface area contributed by atoms with Crippen molar-refractivity contribution in [2.45, 2.75) is 13.8 Å². The van der Waals surface area contributed by atoms with Crippen LogP contribution in [-0.2, 0) is 4.74 Å². The summed E-state index contributed by atoms with van der Waals surface area (Å²) in [4.78, 5) is 12.4. The van der Waals surface area contributed by atoms with Crippen molar-refractivity contribution in [3.05, 3.63) is 53.4 Å². The molecule has 1 heterocycles. The summed E-state index contributed by atoms with van der Waals surface area (Å²) >= 11 is 6.67. The third kappa shape index (κ3) is 4.43. The van der Waals surface area contributed by atoms with Crippen LogP contribution in [-0.4, -0.2) is 24.2 Å². The number of nitrogens with one attached hydrogen (secondary N) is 2. The first-order valence-electron chi connectivity index (χ1n) is 7.58. The Kier molecular flexibility index (Phi) is 6.52. The van der Waals surface area contributed by atoms with E-state index in [-0.39, 0.29) is 5.97 Å². The predicted molar refractivity (Wildman–Crippen MR) is 105 cm³/mol. The molecule has 0 aliphatic carbocycles. The first-order valence-corrected chi connectivity index (χ1v) is 8.87. The van der Waals surface area contributed by atoms with Crippen LogP contribution < -0.4 is 10.6 Å². The van der Waals surface area contributed by atoms with Gasteiger partial charge < -0.3 is 15.4 Å². The standard InChI is InChI=1S/C18H20N2O2S2/c1-4-10-19-18(23)20-16-15(17(21)22-5-2)14(11-24-16)13-8-6-12(3)7-9-13/h4,6-9,11H,1,5,10H2,2-3H3,(H2,19,20,23). The Morgan fingerprint density at radius 3 is 2.71 bits per heavy atom. The molecule has 2 rings (SSSR count). The maximum atomic E-state index is 12.4. The molecule has 0 fully saturated rings. The van der Waals surface area contributed by atoms with E-state index in [1.54, 1.807) is 13.0 Å². The van der Waals surface area contributed by atoms with Gasteiger partial charge in [-0.25, -0.2) is 4.79 Å². The minimum atomic E-state index is -0.358. The number of thiocarbonyl (C=S) groups is 1. The van der Waals surface area contributed by atoms with Crippen LogP contribution in [0.25, 0.3) is 11.1 Å². The number of benzene rings is 1. The number of carbonyl (C=O) groups is 1. The molecule has 126 valence electrons. The fourth-order valence-electron chi connectivity index (χ4n) is 2.11. The molecule has 0 spiro atoms. The quantitative estimate of drug-likeness (QED) is 0.455. The lowest BCUT2D eigenvalue weighted by molar-refractivity contribution is 0.0529. The zero-order valence-electron chi connectivity index (χ0n) is 13.7. The molecular formula is C18H20N2O2S2. The predicted octanol–water partition coefficient (Wildman–Crippen LogP) is 4.37. The maximum absolute atomic E-state index is 12.4. The van der Waals surface area contributed by atoms with Gasteiger partial charge in [0.05, 0.1) is 6.61 Å². The SMILES string of the molecule is C=CCNC(=S)Nc1scc(-c2ccc(C)cc2)c1C(=O)OCC. The lowest BCUT2D eigenvalue weighted by Gasteiger charge is -2.11. The molecule has 1 aromatic carbocycles. The molecule has 24 heavy (non-hydrogen) atoms. The first-order chi connectivity index (χ1) is 11.6. The number of ether oxygens (including phenoxy) is 1. The average Bonchev–Trinajstić information content (AvgIpc) is 2.97. The molecule has 0 unspecified atom stereocenters. The van der Waals surface area contributed by atoms with Gasteiger partial charge in [-0.2, -0.15) is 0 Å². The molecule has 0 aliphatic rings. The van der Waals surface area contributed by atoms with Crippen molar-refractivity contribution >= 4 is 39.6 Å². The van der Waals surface area contributed by atoms with Crippen molar-refractivity contribution in [3.63, 3.8) is 0 Å². The molecule has 0 atom stereocenters. The normalized spacial score (nSPS) is 10.1. The zero-order chi connectivity index (χ0) is 17.5. The molecule has 0 amide bonds. The van der Waals surface area contributed by atoms with Crippen LogP contribution in [0.3, 0.4) is 0 Å². The number of carbonyl (C=O) groups excluding carboxylic acids is 1. The third-order valence-corrected chi connectivity index (χ3v) is 4.41. The summed E-state index contributed by atoms with van der Waals surface area (Å²) in [5.74, 6) is -0.358. The number of esters is 1. The van der Waals surface area contributed by atoms with Gasteiger partial charge >= 0.3 is 5.97 Å². The zero-order valence-corrected chi connectivity index (χ0v) is 15.4. The second kappa shape index (κ2) is 8.61. The summed E-state index contributed by atoms with van der Waals surface area (Å²) in [5, 5.41) is 9.12. The summed E-state index contributed by atoms with van der Waals surface area (Å²) in [5.41, 5.74) is 3.48. The van der Waals surface area contributed by atoms with Crippen LogP contribution in [0.1, 0.15) is 22.8 Å². The maximum Gasteiger partial charge on any atom is 0.341 e. The van der Waals surface area contributed by atoms with Crippen LogP contribution in [0.4, 0.5) is 5.00 Å². The molecule has 0 radical (unpaired) electrons. The average molecular weight is 361 g/mol. The largest absolute Gasteiger partial charge is 0.462 e. The monoisotopic (exact) mass is 360 g/mol. The Hall–Kier alpha value is -2.18. The lowest BCUT2D eigenvalue weighted by atomic mass is 10.0. The van der Waals surface area contributed by atoms with Crippen molar-refractivity contribution in [1.82, 2.24) is 5.32 Å². The van der Waals surface area contributed by atoms with Crippen molar-refractivity contribution in [2.24, 2.45) is 0 Å². The fourth-order valence-corrected chi connectivity index (χ4v) is 3.33. The molecular weight excluding hydrogens is 340 g/mol. The molecule has 4 nitrogen and oxygen atoms in total. The van der Waals surface area contributed by atoms with Gasteiger partial charge in [-0.1, -0.05) is 35.9 Å². The lowest BCUT2D eigenvalue weighted by Crippen LogP contribution is -2.28. The molecule has 1 aromatic heterocycles. The van der Waals surface area contributed by atoms with Gasteiger partial charge in [-0.15, -0.1) is 17.9 Å². The van der Waals surface area contributed by atoms with E-state index in [4.69, 9.17) is 17.0 Å². The van der Waals surface area contributed by atoms with Crippen LogP contribution >= 0.6 is 23.6 Å². The topological polar surface area (TPSA) is 50.4 Å². The highest BCUT2D eigenvalue weighted by Crippen LogP contribution is 2.36. The van der Waals surface area contributed by atoms with E-state index in [2.05, 4.69) is 17.2 Å². The summed E-state index contributed by atoms with van der Waals surface area (Å²) in [6.45, 7) is 8.33. The number of hydrogen-bond donors (Lipinski definition) is 2. The smallest absolute Gasteiger partial charge is 0.341 e. The minimum absolute atomic E-state index is 0.320. The Bertz CT molecular complexity index is 736. The number of thiophene rings is 1. The molecule has 6 heteroatoms. The van der Waals surface area contributed by atoms with Crippen LogP contribution in [0.2, 0.25) is 0 Å². The third-order valence-electron chi connectivity index (χ3n) is 3.27.